The summed E-state index contributed by atoms with van der Waals surface area (Å²) in [6.45, 7) is 2.77. The Morgan fingerprint density at radius 1 is 1.29 bits per heavy atom. The highest BCUT2D eigenvalue weighted by atomic mass is 16.3. The third-order valence-electron chi connectivity index (χ3n) is 4.30. The van der Waals surface area contributed by atoms with Crippen molar-refractivity contribution in [3.63, 3.8) is 0 Å². The van der Waals surface area contributed by atoms with Crippen molar-refractivity contribution in [3.05, 3.63) is 59.5 Å². The molecular formula is C18H21NO2. The Balaban J connectivity index is 1.65. The van der Waals surface area contributed by atoms with Crippen molar-refractivity contribution in [1.82, 2.24) is 4.90 Å². The van der Waals surface area contributed by atoms with E-state index in [0.29, 0.717) is 11.8 Å². The molecule has 3 rings (SSSR count). The smallest absolute Gasteiger partial charge is 0.290 e. The second kappa shape index (κ2) is 6.17. The molecule has 0 unspecified atom stereocenters. The zero-order valence-electron chi connectivity index (χ0n) is 12.4. The number of aryl methyl sites for hydroxylation is 2. The Morgan fingerprint density at radius 3 is 2.81 bits per heavy atom. The van der Waals surface area contributed by atoms with Gasteiger partial charge in [0.25, 0.3) is 5.91 Å². The molecular weight excluding hydrogens is 262 g/mol. The van der Waals surface area contributed by atoms with Crippen LogP contribution in [0.4, 0.5) is 0 Å². The predicted molar refractivity (Wildman–Crippen MR) is 82.3 cm³/mol. The van der Waals surface area contributed by atoms with Gasteiger partial charge in [0.05, 0.1) is 6.26 Å². The molecule has 1 amide bonds. The molecule has 1 saturated heterocycles. The largest absolute Gasteiger partial charge is 0.459 e. The van der Waals surface area contributed by atoms with E-state index < -0.39 is 0 Å². The topological polar surface area (TPSA) is 33.5 Å². The average molecular weight is 283 g/mol. The van der Waals surface area contributed by atoms with Gasteiger partial charge >= 0.3 is 0 Å². The molecule has 1 atom stereocenters. The molecule has 1 aromatic carbocycles. The third kappa shape index (κ3) is 3.02. The highest BCUT2D eigenvalue weighted by Crippen LogP contribution is 2.25. The fourth-order valence-corrected chi connectivity index (χ4v) is 3.10. The van der Waals surface area contributed by atoms with Crippen molar-refractivity contribution in [2.24, 2.45) is 0 Å². The number of benzene rings is 1. The minimum Gasteiger partial charge on any atom is -0.459 e. The lowest BCUT2D eigenvalue weighted by atomic mass is 10.0. The zero-order chi connectivity index (χ0) is 14.7. The van der Waals surface area contributed by atoms with E-state index in [1.54, 1.807) is 6.26 Å². The van der Waals surface area contributed by atoms with Crippen LogP contribution >= 0.6 is 0 Å². The van der Waals surface area contributed by atoms with Crippen LogP contribution in [0.3, 0.4) is 0 Å². The number of carbonyl (C=O) groups is 1. The fraction of sp³-hybridized carbons (Fsp3) is 0.389. The van der Waals surface area contributed by atoms with Crippen molar-refractivity contribution in [2.75, 3.05) is 6.54 Å². The molecule has 1 fully saturated rings. The predicted octanol–water partition coefficient (Wildman–Crippen LogP) is 3.83. The molecule has 2 aromatic rings. The van der Waals surface area contributed by atoms with Crippen LogP contribution in [0.5, 0.6) is 0 Å². The van der Waals surface area contributed by atoms with Gasteiger partial charge in [-0.3, -0.25) is 4.79 Å². The van der Waals surface area contributed by atoms with Crippen LogP contribution in [0.1, 0.15) is 40.9 Å². The van der Waals surface area contributed by atoms with Gasteiger partial charge in [-0.2, -0.15) is 0 Å². The highest BCUT2D eigenvalue weighted by Gasteiger charge is 2.31. The number of rotatable bonds is 4. The molecule has 110 valence electrons. The maximum atomic E-state index is 12.6. The highest BCUT2D eigenvalue weighted by molar-refractivity contribution is 5.93. The van der Waals surface area contributed by atoms with Crippen LogP contribution in [-0.2, 0) is 6.42 Å². The molecule has 1 aliphatic rings. The van der Waals surface area contributed by atoms with Crippen molar-refractivity contribution in [1.29, 1.82) is 0 Å². The van der Waals surface area contributed by atoms with Crippen LogP contribution < -0.4 is 0 Å². The molecule has 1 aromatic heterocycles. The zero-order valence-corrected chi connectivity index (χ0v) is 12.4. The van der Waals surface area contributed by atoms with E-state index in [4.69, 9.17) is 4.42 Å². The summed E-state index contributed by atoms with van der Waals surface area (Å²) >= 11 is 0. The lowest BCUT2D eigenvalue weighted by molar-refractivity contribution is 0.0697. The number of likely N-dealkylation sites (tertiary alicyclic amines) is 1. The molecule has 0 aliphatic carbocycles. The molecule has 1 aliphatic heterocycles. The van der Waals surface area contributed by atoms with Crippen LogP contribution in [0.25, 0.3) is 0 Å². The second-order valence-electron chi connectivity index (χ2n) is 5.75. The van der Waals surface area contributed by atoms with Crippen LogP contribution in [0, 0.1) is 6.92 Å². The summed E-state index contributed by atoms with van der Waals surface area (Å²) in [6.07, 6.45) is 5.82. The Kier molecular flexibility index (Phi) is 4.09. The Bertz CT molecular complexity index is 603. The minimum atomic E-state index is 0.0491. The van der Waals surface area contributed by atoms with E-state index in [0.717, 1.165) is 37.8 Å². The molecule has 0 saturated carbocycles. The summed E-state index contributed by atoms with van der Waals surface area (Å²) in [4.78, 5) is 14.6. The SMILES string of the molecule is Cc1ccoc1C(=O)N1CCC[C@@H]1CCc1ccccc1. The molecule has 0 N–H and O–H groups in total. The van der Waals surface area contributed by atoms with E-state index in [1.165, 1.54) is 5.56 Å². The van der Waals surface area contributed by atoms with Gasteiger partial charge in [0.2, 0.25) is 0 Å². The first-order chi connectivity index (χ1) is 10.3. The summed E-state index contributed by atoms with van der Waals surface area (Å²) < 4.78 is 5.36. The number of nitrogens with zero attached hydrogens (tertiary/aromatic N) is 1. The summed E-state index contributed by atoms with van der Waals surface area (Å²) in [5.74, 6) is 0.551. The van der Waals surface area contributed by atoms with Gasteiger partial charge in [-0.15, -0.1) is 0 Å². The van der Waals surface area contributed by atoms with Crippen LogP contribution in [0.15, 0.2) is 47.1 Å². The lowest BCUT2D eigenvalue weighted by Crippen LogP contribution is -2.35. The summed E-state index contributed by atoms with van der Waals surface area (Å²) in [6, 6.07) is 12.7. The van der Waals surface area contributed by atoms with Gasteiger partial charge < -0.3 is 9.32 Å². The van der Waals surface area contributed by atoms with E-state index in [-0.39, 0.29) is 5.91 Å². The van der Waals surface area contributed by atoms with Crippen molar-refractivity contribution in [3.8, 4) is 0 Å². The van der Waals surface area contributed by atoms with Crippen molar-refractivity contribution >= 4 is 5.91 Å². The van der Waals surface area contributed by atoms with Gasteiger partial charge in [0.1, 0.15) is 0 Å². The van der Waals surface area contributed by atoms with E-state index >= 15 is 0 Å². The van der Waals surface area contributed by atoms with E-state index in [1.807, 2.05) is 24.0 Å². The first kappa shape index (κ1) is 13.9. The number of hydrogen-bond donors (Lipinski definition) is 0. The Labute approximate surface area is 125 Å². The summed E-state index contributed by atoms with van der Waals surface area (Å²) in [7, 11) is 0. The maximum absolute atomic E-state index is 12.6. The van der Waals surface area contributed by atoms with E-state index in [9.17, 15) is 4.79 Å². The fourth-order valence-electron chi connectivity index (χ4n) is 3.10. The first-order valence-electron chi connectivity index (χ1n) is 7.64. The summed E-state index contributed by atoms with van der Waals surface area (Å²) in [5, 5.41) is 0. The minimum absolute atomic E-state index is 0.0491. The van der Waals surface area contributed by atoms with Gasteiger partial charge in [-0.05, 0) is 44.2 Å². The number of amides is 1. The van der Waals surface area contributed by atoms with Crippen LogP contribution in [-0.4, -0.2) is 23.4 Å². The van der Waals surface area contributed by atoms with Gasteiger partial charge in [0.15, 0.2) is 5.76 Å². The summed E-state index contributed by atoms with van der Waals surface area (Å²) in [5.41, 5.74) is 2.26. The van der Waals surface area contributed by atoms with Gasteiger partial charge in [-0.25, -0.2) is 0 Å². The normalized spacial score (nSPS) is 18.1. The van der Waals surface area contributed by atoms with Gasteiger partial charge in [0, 0.05) is 18.2 Å². The molecule has 3 heteroatoms. The molecule has 0 spiro atoms. The van der Waals surface area contributed by atoms with Crippen LogP contribution in [0.2, 0.25) is 0 Å². The molecule has 0 bridgehead atoms. The number of carbonyl (C=O) groups excluding carboxylic acids is 1. The van der Waals surface area contributed by atoms with Crippen molar-refractivity contribution < 1.29 is 9.21 Å². The first-order valence-corrected chi connectivity index (χ1v) is 7.64. The Morgan fingerprint density at radius 2 is 2.10 bits per heavy atom. The third-order valence-corrected chi connectivity index (χ3v) is 4.30. The monoisotopic (exact) mass is 283 g/mol. The quantitative estimate of drug-likeness (QED) is 0.854. The maximum Gasteiger partial charge on any atom is 0.290 e. The molecule has 3 nitrogen and oxygen atoms in total. The van der Waals surface area contributed by atoms with E-state index in [2.05, 4.69) is 24.3 Å². The second-order valence-corrected chi connectivity index (χ2v) is 5.75. The number of hydrogen-bond acceptors (Lipinski definition) is 2. The van der Waals surface area contributed by atoms with Crippen molar-refractivity contribution in [2.45, 2.75) is 38.6 Å². The standard InChI is InChI=1S/C18H21NO2/c1-14-11-13-21-17(14)18(20)19-12-5-8-16(19)10-9-15-6-3-2-4-7-15/h2-4,6-7,11,13,16H,5,8-10,12H2,1H3/t16-/m1/s1. The average Bonchev–Trinajstić information content (AvgIpc) is 3.14. The molecule has 0 radical (unpaired) electrons. The van der Waals surface area contributed by atoms with Gasteiger partial charge in [-0.1, -0.05) is 30.3 Å². The Hall–Kier alpha value is -2.03. The number of furan rings is 1. The molecule has 21 heavy (non-hydrogen) atoms. The lowest BCUT2D eigenvalue weighted by Gasteiger charge is -2.24. The molecule has 2 heterocycles.